The molecule has 1 atom stereocenters. The minimum Gasteiger partial charge on any atom is -0.369 e. The molecule has 0 amide bonds. The van der Waals surface area contributed by atoms with E-state index in [0.717, 1.165) is 37.3 Å². The van der Waals surface area contributed by atoms with E-state index < -0.39 is 10.0 Å². The van der Waals surface area contributed by atoms with E-state index in [-0.39, 0.29) is 6.10 Å². The average Bonchev–Trinajstić information content (AvgIpc) is 2.99. The predicted octanol–water partition coefficient (Wildman–Crippen LogP) is 1.51. The maximum Gasteiger partial charge on any atom is 0.208 e. The first kappa shape index (κ1) is 19.4. The summed E-state index contributed by atoms with van der Waals surface area (Å²) in [5.41, 5.74) is 2.89. The van der Waals surface area contributed by atoms with Crippen molar-refractivity contribution in [2.75, 3.05) is 32.5 Å². The molecule has 0 radical (unpaired) electrons. The molecule has 142 valence electrons. The lowest BCUT2D eigenvalue weighted by Crippen LogP contribution is -2.38. The molecule has 1 unspecified atom stereocenters. The minimum atomic E-state index is -3.19. The summed E-state index contributed by atoms with van der Waals surface area (Å²) in [6.07, 6.45) is 4.94. The molecule has 2 aromatic heterocycles. The zero-order valence-corrected chi connectivity index (χ0v) is 16.6. The smallest absolute Gasteiger partial charge is 0.208 e. The van der Waals surface area contributed by atoms with Crippen LogP contribution in [0.5, 0.6) is 0 Å². The molecular formula is C17H24N4O3S2. The predicted molar refractivity (Wildman–Crippen MR) is 102 cm³/mol. The van der Waals surface area contributed by atoms with E-state index in [1.54, 1.807) is 23.7 Å². The van der Waals surface area contributed by atoms with Crippen LogP contribution in [0.4, 0.5) is 0 Å². The van der Waals surface area contributed by atoms with Crippen molar-refractivity contribution in [1.82, 2.24) is 19.6 Å². The molecule has 3 heterocycles. The van der Waals surface area contributed by atoms with Crippen LogP contribution in [0.15, 0.2) is 23.8 Å². The van der Waals surface area contributed by atoms with Gasteiger partial charge in [0.2, 0.25) is 10.0 Å². The number of sulfonamides is 1. The van der Waals surface area contributed by atoms with Gasteiger partial charge in [-0.25, -0.2) is 13.1 Å². The van der Waals surface area contributed by atoms with Gasteiger partial charge in [0.25, 0.3) is 0 Å². The number of morpholine rings is 1. The van der Waals surface area contributed by atoms with Crippen LogP contribution < -0.4 is 4.72 Å². The summed E-state index contributed by atoms with van der Waals surface area (Å²) in [7, 11) is -3.19. The summed E-state index contributed by atoms with van der Waals surface area (Å²) in [6.45, 7) is 5.72. The molecule has 9 heteroatoms. The van der Waals surface area contributed by atoms with Crippen LogP contribution in [0.1, 0.15) is 27.9 Å². The zero-order chi connectivity index (χ0) is 18.6. The Bertz CT molecular complexity index is 838. The molecule has 0 aromatic carbocycles. The molecular weight excluding hydrogens is 372 g/mol. The van der Waals surface area contributed by atoms with Gasteiger partial charge in [-0.05, 0) is 23.9 Å². The SMILES string of the molecule is Cc1ccsc1CN1CCOC(c2cncc(CCNS(C)(=O)=O)n2)C1. The Morgan fingerprint density at radius 3 is 3.00 bits per heavy atom. The lowest BCUT2D eigenvalue weighted by atomic mass is 10.2. The Labute approximate surface area is 158 Å². The molecule has 0 bridgehead atoms. The Balaban J connectivity index is 1.61. The van der Waals surface area contributed by atoms with Gasteiger partial charge < -0.3 is 4.74 Å². The highest BCUT2D eigenvalue weighted by atomic mass is 32.2. The fourth-order valence-corrected chi connectivity index (χ4v) is 4.28. The van der Waals surface area contributed by atoms with Crippen molar-refractivity contribution in [2.45, 2.75) is 26.0 Å². The van der Waals surface area contributed by atoms with Crippen LogP contribution in [0.3, 0.4) is 0 Å². The molecule has 1 fully saturated rings. The molecule has 1 aliphatic rings. The number of aryl methyl sites for hydroxylation is 1. The second kappa shape index (κ2) is 8.53. The van der Waals surface area contributed by atoms with E-state index in [0.29, 0.717) is 19.6 Å². The molecule has 26 heavy (non-hydrogen) atoms. The van der Waals surface area contributed by atoms with Crippen LogP contribution in [0.25, 0.3) is 0 Å². The highest BCUT2D eigenvalue weighted by Crippen LogP contribution is 2.24. The largest absolute Gasteiger partial charge is 0.369 e. The standard InChI is InChI=1S/C17H24N4O3S2/c1-13-4-8-25-17(13)12-21-6-7-24-16(11-21)15-10-18-9-14(20-15)3-5-19-26(2,22)23/h4,8-10,16,19H,3,5-7,11-12H2,1-2H3. The van der Waals surface area contributed by atoms with Gasteiger partial charge in [-0.3, -0.25) is 14.9 Å². The molecule has 3 rings (SSSR count). The first-order valence-corrected chi connectivity index (χ1v) is 11.3. The van der Waals surface area contributed by atoms with Crippen molar-refractivity contribution < 1.29 is 13.2 Å². The molecule has 1 aliphatic heterocycles. The molecule has 1 N–H and O–H groups in total. The van der Waals surface area contributed by atoms with Gasteiger partial charge in [0.05, 0.1) is 30.4 Å². The molecule has 0 aliphatic carbocycles. The van der Waals surface area contributed by atoms with Gasteiger partial charge in [0, 0.05) is 43.7 Å². The first-order chi connectivity index (χ1) is 12.4. The number of hydrogen-bond donors (Lipinski definition) is 1. The Kier molecular flexibility index (Phi) is 6.36. The van der Waals surface area contributed by atoms with E-state index >= 15 is 0 Å². The van der Waals surface area contributed by atoms with E-state index in [1.165, 1.54) is 10.4 Å². The zero-order valence-electron chi connectivity index (χ0n) is 15.0. The summed E-state index contributed by atoms with van der Waals surface area (Å²) in [6, 6.07) is 2.15. The van der Waals surface area contributed by atoms with Gasteiger partial charge >= 0.3 is 0 Å². The Hall–Kier alpha value is -1.39. The van der Waals surface area contributed by atoms with Crippen LogP contribution in [0, 0.1) is 6.92 Å². The van der Waals surface area contributed by atoms with Crippen LogP contribution >= 0.6 is 11.3 Å². The van der Waals surface area contributed by atoms with Gasteiger partial charge in [-0.15, -0.1) is 11.3 Å². The summed E-state index contributed by atoms with van der Waals surface area (Å²) >= 11 is 1.79. The van der Waals surface area contributed by atoms with Gasteiger partial charge in [-0.2, -0.15) is 0 Å². The minimum absolute atomic E-state index is 0.112. The van der Waals surface area contributed by atoms with E-state index in [4.69, 9.17) is 4.74 Å². The van der Waals surface area contributed by atoms with E-state index in [9.17, 15) is 8.42 Å². The van der Waals surface area contributed by atoms with Gasteiger partial charge in [0.15, 0.2) is 0 Å². The summed E-state index contributed by atoms with van der Waals surface area (Å²) in [5, 5.41) is 2.13. The van der Waals surface area contributed by atoms with Crippen molar-refractivity contribution in [3.8, 4) is 0 Å². The van der Waals surface area contributed by atoms with Gasteiger partial charge in [-0.1, -0.05) is 0 Å². The number of nitrogens with zero attached hydrogens (tertiary/aromatic N) is 3. The fraction of sp³-hybridized carbons (Fsp3) is 0.529. The maximum atomic E-state index is 11.2. The average molecular weight is 397 g/mol. The number of hydrogen-bond acceptors (Lipinski definition) is 7. The van der Waals surface area contributed by atoms with Crippen molar-refractivity contribution in [1.29, 1.82) is 0 Å². The van der Waals surface area contributed by atoms with Crippen LogP contribution in [0.2, 0.25) is 0 Å². The maximum absolute atomic E-state index is 11.2. The molecule has 2 aromatic rings. The second-order valence-electron chi connectivity index (χ2n) is 6.47. The van der Waals surface area contributed by atoms with E-state index in [2.05, 4.69) is 38.0 Å². The highest BCUT2D eigenvalue weighted by molar-refractivity contribution is 7.88. The second-order valence-corrected chi connectivity index (χ2v) is 9.31. The third-order valence-corrected chi connectivity index (χ3v) is 6.00. The highest BCUT2D eigenvalue weighted by Gasteiger charge is 2.24. The molecule has 7 nitrogen and oxygen atoms in total. The third-order valence-electron chi connectivity index (χ3n) is 4.26. The van der Waals surface area contributed by atoms with Gasteiger partial charge in [0.1, 0.15) is 6.10 Å². The summed E-state index contributed by atoms with van der Waals surface area (Å²) in [5.74, 6) is 0. The first-order valence-electron chi connectivity index (χ1n) is 8.53. The summed E-state index contributed by atoms with van der Waals surface area (Å²) < 4.78 is 30.7. The number of ether oxygens (including phenoxy) is 1. The topological polar surface area (TPSA) is 84.4 Å². The molecule has 1 saturated heterocycles. The number of nitrogens with one attached hydrogen (secondary N) is 1. The Morgan fingerprint density at radius 2 is 2.27 bits per heavy atom. The summed E-state index contributed by atoms with van der Waals surface area (Å²) in [4.78, 5) is 12.6. The number of thiophene rings is 1. The van der Waals surface area contributed by atoms with Crippen molar-refractivity contribution in [3.05, 3.63) is 45.7 Å². The quantitative estimate of drug-likeness (QED) is 0.764. The van der Waals surface area contributed by atoms with Crippen LogP contribution in [-0.4, -0.2) is 55.8 Å². The third kappa shape index (κ3) is 5.55. The molecule has 0 saturated carbocycles. The van der Waals surface area contributed by atoms with Crippen molar-refractivity contribution in [3.63, 3.8) is 0 Å². The lowest BCUT2D eigenvalue weighted by molar-refractivity contribution is -0.0349. The van der Waals surface area contributed by atoms with Crippen LogP contribution in [-0.2, 0) is 27.7 Å². The monoisotopic (exact) mass is 396 g/mol. The number of rotatable bonds is 7. The van der Waals surface area contributed by atoms with E-state index in [1.807, 2.05) is 0 Å². The lowest BCUT2D eigenvalue weighted by Gasteiger charge is -2.32. The normalized spacial score (nSPS) is 18.9. The number of aromatic nitrogens is 2. The Morgan fingerprint density at radius 1 is 1.42 bits per heavy atom. The van der Waals surface area contributed by atoms with Crippen molar-refractivity contribution in [2.24, 2.45) is 0 Å². The van der Waals surface area contributed by atoms with Crippen molar-refractivity contribution >= 4 is 21.4 Å². The molecule has 0 spiro atoms. The fourth-order valence-electron chi connectivity index (χ4n) is 2.86.